The Balaban J connectivity index is 1.14. The van der Waals surface area contributed by atoms with E-state index in [-0.39, 0.29) is 0 Å². The summed E-state index contributed by atoms with van der Waals surface area (Å²) < 4.78 is 13.0. The molecule has 0 amide bonds. The van der Waals surface area contributed by atoms with Crippen molar-refractivity contribution < 1.29 is 8.83 Å². The average molecular weight is 692 g/mol. The van der Waals surface area contributed by atoms with Gasteiger partial charge in [0.1, 0.15) is 22.3 Å². The standard InChI is InChI=1S/C49H29N3O2/c1-2-13-31(14-3-1)47-50-48(39-20-11-23-43-44(39)37-18-6-8-21-41(37)53-43)52-49(51-47)40-27-26-36(46-45(40)38-19-7-9-22-42(38)54-46)35-17-10-16-33(29-35)34-25-24-30-12-4-5-15-32(30)28-34/h1-29H. The molecule has 11 aromatic rings. The van der Waals surface area contributed by atoms with Crippen LogP contribution in [0.2, 0.25) is 0 Å². The molecule has 0 bridgehead atoms. The van der Waals surface area contributed by atoms with Crippen LogP contribution in [-0.2, 0) is 0 Å². The summed E-state index contributed by atoms with van der Waals surface area (Å²) >= 11 is 0. The van der Waals surface area contributed by atoms with E-state index in [1.54, 1.807) is 0 Å². The molecule has 0 N–H and O–H groups in total. The van der Waals surface area contributed by atoms with E-state index in [0.717, 1.165) is 77.3 Å². The first-order valence-electron chi connectivity index (χ1n) is 18.0. The molecule has 3 aromatic heterocycles. The van der Waals surface area contributed by atoms with Gasteiger partial charge in [-0.1, -0.05) is 133 Å². The van der Waals surface area contributed by atoms with E-state index in [1.165, 1.54) is 16.3 Å². The number of furan rings is 2. The SMILES string of the molecule is c1ccc(-c2nc(-c3cccc4oc5ccccc5c34)nc(-c3ccc(-c4cccc(-c5ccc6ccccc6c5)c4)c4oc5ccccc5c34)n2)cc1. The van der Waals surface area contributed by atoms with Crippen LogP contribution in [0.3, 0.4) is 0 Å². The van der Waals surface area contributed by atoms with Crippen molar-refractivity contribution >= 4 is 54.6 Å². The second-order valence-corrected chi connectivity index (χ2v) is 13.6. The molecule has 5 nitrogen and oxygen atoms in total. The van der Waals surface area contributed by atoms with Crippen LogP contribution in [-0.4, -0.2) is 15.0 Å². The van der Waals surface area contributed by atoms with Gasteiger partial charge in [-0.05, 0) is 69.9 Å². The van der Waals surface area contributed by atoms with Gasteiger partial charge in [-0.2, -0.15) is 0 Å². The fourth-order valence-electron chi connectivity index (χ4n) is 7.77. The highest BCUT2D eigenvalue weighted by Crippen LogP contribution is 2.43. The predicted molar refractivity (Wildman–Crippen MR) is 219 cm³/mol. The Hall–Kier alpha value is -7.37. The van der Waals surface area contributed by atoms with Gasteiger partial charge in [0.15, 0.2) is 17.5 Å². The molecule has 54 heavy (non-hydrogen) atoms. The van der Waals surface area contributed by atoms with E-state index in [0.29, 0.717) is 17.5 Å². The van der Waals surface area contributed by atoms with Gasteiger partial charge in [-0.15, -0.1) is 0 Å². The van der Waals surface area contributed by atoms with Crippen molar-refractivity contribution in [2.24, 2.45) is 0 Å². The zero-order valence-corrected chi connectivity index (χ0v) is 28.9. The van der Waals surface area contributed by atoms with Gasteiger partial charge in [0, 0.05) is 43.8 Å². The van der Waals surface area contributed by atoms with E-state index < -0.39 is 0 Å². The third-order valence-corrected chi connectivity index (χ3v) is 10.3. The van der Waals surface area contributed by atoms with E-state index in [9.17, 15) is 0 Å². The summed E-state index contributed by atoms with van der Waals surface area (Å²) in [4.78, 5) is 15.5. The van der Waals surface area contributed by atoms with Gasteiger partial charge < -0.3 is 8.83 Å². The van der Waals surface area contributed by atoms with Gasteiger partial charge in [-0.3, -0.25) is 0 Å². The molecule has 11 rings (SSSR count). The van der Waals surface area contributed by atoms with Crippen molar-refractivity contribution in [3.63, 3.8) is 0 Å². The lowest BCUT2D eigenvalue weighted by Gasteiger charge is -2.12. The summed E-state index contributed by atoms with van der Waals surface area (Å²) in [5, 5.41) is 6.40. The molecule has 0 saturated heterocycles. The van der Waals surface area contributed by atoms with Gasteiger partial charge in [0.25, 0.3) is 0 Å². The molecule has 8 aromatic carbocycles. The maximum Gasteiger partial charge on any atom is 0.164 e. The molecule has 0 aliphatic carbocycles. The number of fused-ring (bicyclic) bond motifs is 7. The molecule has 3 heterocycles. The Kier molecular flexibility index (Phi) is 6.79. The number of hydrogen-bond acceptors (Lipinski definition) is 5. The molecular formula is C49H29N3O2. The number of rotatable bonds is 5. The summed E-state index contributed by atoms with van der Waals surface area (Å²) in [5.74, 6) is 1.73. The number of hydrogen-bond donors (Lipinski definition) is 0. The van der Waals surface area contributed by atoms with Crippen molar-refractivity contribution in [1.29, 1.82) is 0 Å². The molecule has 0 fully saturated rings. The maximum absolute atomic E-state index is 6.75. The molecule has 5 heteroatoms. The third kappa shape index (κ3) is 4.90. The summed E-state index contributed by atoms with van der Waals surface area (Å²) in [6, 6.07) is 60.5. The van der Waals surface area contributed by atoms with E-state index in [2.05, 4.69) is 97.1 Å². The molecule has 0 aliphatic heterocycles. The van der Waals surface area contributed by atoms with Crippen LogP contribution >= 0.6 is 0 Å². The van der Waals surface area contributed by atoms with Gasteiger partial charge in [-0.25, -0.2) is 15.0 Å². The minimum absolute atomic E-state index is 0.566. The highest BCUT2D eigenvalue weighted by molar-refractivity contribution is 6.16. The van der Waals surface area contributed by atoms with E-state index in [4.69, 9.17) is 23.8 Å². The Morgan fingerprint density at radius 2 is 0.889 bits per heavy atom. The molecule has 0 unspecified atom stereocenters. The average Bonchev–Trinajstić information content (AvgIpc) is 3.83. The monoisotopic (exact) mass is 691 g/mol. The summed E-state index contributed by atoms with van der Waals surface area (Å²) in [5.41, 5.74) is 10.2. The summed E-state index contributed by atoms with van der Waals surface area (Å²) in [6.45, 7) is 0. The maximum atomic E-state index is 6.75. The second-order valence-electron chi connectivity index (χ2n) is 13.6. The van der Waals surface area contributed by atoms with Crippen LogP contribution in [0.25, 0.3) is 111 Å². The molecule has 0 saturated carbocycles. The molecule has 252 valence electrons. The van der Waals surface area contributed by atoms with Crippen LogP contribution in [0.4, 0.5) is 0 Å². The largest absolute Gasteiger partial charge is 0.456 e. The van der Waals surface area contributed by atoms with Crippen molar-refractivity contribution in [3.05, 3.63) is 176 Å². The predicted octanol–water partition coefficient (Wildman–Crippen LogP) is 13.2. The Bertz CT molecular complexity index is 3230. The first-order valence-corrected chi connectivity index (χ1v) is 18.0. The fraction of sp³-hybridized carbons (Fsp3) is 0. The van der Waals surface area contributed by atoms with Crippen molar-refractivity contribution in [2.75, 3.05) is 0 Å². The fourth-order valence-corrected chi connectivity index (χ4v) is 7.77. The molecule has 0 aliphatic rings. The normalized spacial score (nSPS) is 11.7. The zero-order valence-electron chi connectivity index (χ0n) is 28.9. The number of aromatic nitrogens is 3. The lowest BCUT2D eigenvalue weighted by molar-refractivity contribution is 0.669. The lowest BCUT2D eigenvalue weighted by atomic mass is 9.94. The second kappa shape index (κ2) is 12.1. The van der Waals surface area contributed by atoms with Crippen molar-refractivity contribution in [2.45, 2.75) is 0 Å². The smallest absolute Gasteiger partial charge is 0.164 e. The minimum Gasteiger partial charge on any atom is -0.456 e. The first-order chi connectivity index (χ1) is 26.7. The quantitative estimate of drug-likeness (QED) is 0.180. The molecular weight excluding hydrogens is 663 g/mol. The van der Waals surface area contributed by atoms with E-state index >= 15 is 0 Å². The molecule has 0 spiro atoms. The van der Waals surface area contributed by atoms with E-state index in [1.807, 2.05) is 78.9 Å². The van der Waals surface area contributed by atoms with Crippen molar-refractivity contribution in [1.82, 2.24) is 15.0 Å². The Morgan fingerprint density at radius 1 is 0.315 bits per heavy atom. The van der Waals surface area contributed by atoms with Crippen LogP contribution < -0.4 is 0 Å². The van der Waals surface area contributed by atoms with Gasteiger partial charge >= 0.3 is 0 Å². The number of nitrogens with zero attached hydrogens (tertiary/aromatic N) is 3. The number of para-hydroxylation sites is 2. The van der Waals surface area contributed by atoms with Crippen LogP contribution in [0.1, 0.15) is 0 Å². The highest BCUT2D eigenvalue weighted by atomic mass is 16.3. The Morgan fingerprint density at radius 3 is 1.72 bits per heavy atom. The molecule has 0 atom stereocenters. The number of benzene rings is 8. The minimum atomic E-state index is 0.566. The van der Waals surface area contributed by atoms with Gasteiger partial charge in [0.05, 0.1) is 0 Å². The molecule has 0 radical (unpaired) electrons. The summed E-state index contributed by atoms with van der Waals surface area (Å²) in [6.07, 6.45) is 0. The highest BCUT2D eigenvalue weighted by Gasteiger charge is 2.22. The lowest BCUT2D eigenvalue weighted by Crippen LogP contribution is -2.01. The Labute approximate surface area is 309 Å². The van der Waals surface area contributed by atoms with Crippen LogP contribution in [0, 0.1) is 0 Å². The third-order valence-electron chi connectivity index (χ3n) is 10.3. The van der Waals surface area contributed by atoms with Gasteiger partial charge in [0.2, 0.25) is 0 Å². The van der Waals surface area contributed by atoms with Crippen molar-refractivity contribution in [3.8, 4) is 56.4 Å². The zero-order chi connectivity index (χ0) is 35.6. The van der Waals surface area contributed by atoms with Crippen LogP contribution in [0.5, 0.6) is 0 Å². The first kappa shape index (κ1) is 30.3. The topological polar surface area (TPSA) is 65.0 Å². The van der Waals surface area contributed by atoms with Crippen LogP contribution in [0.15, 0.2) is 185 Å². The summed E-state index contributed by atoms with van der Waals surface area (Å²) in [7, 11) is 0.